The van der Waals surface area contributed by atoms with Crippen LogP contribution >= 0.6 is 0 Å². The number of phenols is 1. The zero-order valence-electron chi connectivity index (χ0n) is 42.9. The highest BCUT2D eigenvalue weighted by molar-refractivity contribution is 6.06. The molecule has 2 bridgehead atoms. The summed E-state index contributed by atoms with van der Waals surface area (Å²) in [6.07, 6.45) is 16.3. The highest BCUT2D eigenvalue weighted by atomic mass is 19.1. The summed E-state index contributed by atoms with van der Waals surface area (Å²) in [4.78, 5) is 60.8. The zero-order valence-corrected chi connectivity index (χ0v) is 42.9. The molecule has 15 nitrogen and oxygen atoms in total. The molecule has 2 aromatic heterocycles. The summed E-state index contributed by atoms with van der Waals surface area (Å²) >= 11 is 0. The predicted octanol–water partition coefficient (Wildman–Crippen LogP) is 7.96. The molecule has 5 aromatic rings. The van der Waals surface area contributed by atoms with Crippen LogP contribution in [0.1, 0.15) is 118 Å². The number of aryl methyl sites for hydroxylation is 1. The molecule has 394 valence electrons. The fraction of sp³-hybridized carbons (Fsp3) is 0.552. The summed E-state index contributed by atoms with van der Waals surface area (Å²) in [7, 11) is 0. The number of piperazine rings is 1. The standard InChI is InChI=1S/C58H67F2N9O6/c1-2-42-46(59)8-3-34-26-39(70)27-44(49(34)42)51-50(60)52-45(28-61-51)53(68-30-36-4-5-37(31-68)62-36)65-56(64-52)74-33-58(17-18-58)32-66-23-19-57(20-24-66)15-11-40(12-16-57)75-41-13-21-67(22-14-41)38-6-7-43-35(25-38)29-69(55(43)73)47-9-10-48(71)63-54(47)72/h3,6-8,25-28,36-37,40-41,47,62,70H,2,4-5,9-24,29-33H2,1H3,(H,63,71,72). The maximum absolute atomic E-state index is 17.2. The van der Waals surface area contributed by atoms with Crippen molar-refractivity contribution in [3.63, 3.8) is 0 Å². The Balaban J connectivity index is 0.620. The summed E-state index contributed by atoms with van der Waals surface area (Å²) in [5, 5.41) is 18.5. The van der Waals surface area contributed by atoms with E-state index in [1.54, 1.807) is 23.2 Å². The number of amides is 3. The van der Waals surface area contributed by atoms with Crippen LogP contribution in [0.5, 0.6) is 11.8 Å². The fourth-order valence-electron chi connectivity index (χ4n) is 14.0. The highest BCUT2D eigenvalue weighted by Gasteiger charge is 2.48. The van der Waals surface area contributed by atoms with E-state index in [4.69, 9.17) is 19.4 Å². The number of aromatic nitrogens is 3. The van der Waals surface area contributed by atoms with Gasteiger partial charge >= 0.3 is 6.01 Å². The van der Waals surface area contributed by atoms with E-state index in [0.29, 0.717) is 88.3 Å². The van der Waals surface area contributed by atoms with E-state index in [-0.39, 0.29) is 64.4 Å². The minimum Gasteiger partial charge on any atom is -0.508 e. The Labute approximate surface area is 435 Å². The van der Waals surface area contributed by atoms with Crippen LogP contribution in [0.25, 0.3) is 32.9 Å². The predicted molar refractivity (Wildman–Crippen MR) is 280 cm³/mol. The second kappa shape index (κ2) is 19.2. The number of pyridine rings is 1. The molecule has 3 unspecified atom stereocenters. The monoisotopic (exact) mass is 1020 g/mol. The molecule has 2 aliphatic carbocycles. The molecular weight excluding hydrogens is 957 g/mol. The summed E-state index contributed by atoms with van der Waals surface area (Å²) in [6, 6.07) is 12.2. The molecular formula is C58H67F2N9O6. The third-order valence-electron chi connectivity index (χ3n) is 18.6. The van der Waals surface area contributed by atoms with Crippen molar-refractivity contribution >= 4 is 50.9 Å². The van der Waals surface area contributed by atoms with Crippen molar-refractivity contribution in [1.82, 2.24) is 35.4 Å². The summed E-state index contributed by atoms with van der Waals surface area (Å²) < 4.78 is 45.8. The number of ether oxygens (including phenoxy) is 2. The molecule has 3 aromatic carbocycles. The second-order valence-corrected chi connectivity index (χ2v) is 23.4. The van der Waals surface area contributed by atoms with Gasteiger partial charge in [0.15, 0.2) is 5.82 Å². The van der Waals surface area contributed by atoms with Gasteiger partial charge in [0.05, 0.1) is 24.2 Å². The van der Waals surface area contributed by atoms with Gasteiger partial charge in [0.1, 0.15) is 34.6 Å². The number of nitrogens with one attached hydrogen (secondary N) is 2. The Morgan fingerprint density at radius 1 is 0.813 bits per heavy atom. The average Bonchev–Trinajstić information content (AvgIpc) is 3.99. The third kappa shape index (κ3) is 9.23. The number of anilines is 2. The van der Waals surface area contributed by atoms with Crippen LogP contribution in [-0.4, -0.2) is 130 Å². The van der Waals surface area contributed by atoms with Gasteiger partial charge in [-0.15, -0.1) is 0 Å². The minimum absolute atomic E-state index is 0.00267. The lowest BCUT2D eigenvalue weighted by Gasteiger charge is -2.47. The molecule has 7 fully saturated rings. The van der Waals surface area contributed by atoms with Gasteiger partial charge in [-0.3, -0.25) is 24.7 Å². The molecule has 3 amide bonds. The number of halogens is 2. The number of nitrogens with zero attached hydrogens (tertiary/aromatic N) is 7. The van der Waals surface area contributed by atoms with Crippen molar-refractivity contribution in [3.8, 4) is 23.0 Å². The number of hydrogen-bond donors (Lipinski definition) is 3. The first-order valence-corrected chi connectivity index (χ1v) is 27.7. The number of carbonyl (C=O) groups is 3. The first kappa shape index (κ1) is 48.6. The van der Waals surface area contributed by atoms with Gasteiger partial charge in [-0.2, -0.15) is 9.97 Å². The van der Waals surface area contributed by atoms with Crippen LogP contribution < -0.4 is 25.2 Å². The fourth-order valence-corrected chi connectivity index (χ4v) is 14.0. The molecule has 1 spiro atoms. The smallest absolute Gasteiger partial charge is 0.319 e. The Kier molecular flexibility index (Phi) is 12.4. The van der Waals surface area contributed by atoms with Crippen molar-refractivity contribution in [2.45, 2.75) is 140 Å². The molecule has 8 heterocycles. The van der Waals surface area contributed by atoms with Gasteiger partial charge in [0.2, 0.25) is 11.8 Å². The zero-order chi connectivity index (χ0) is 51.2. The first-order chi connectivity index (χ1) is 36.4. The van der Waals surface area contributed by atoms with E-state index >= 15 is 8.78 Å². The number of imide groups is 1. The number of hydrogen-bond acceptors (Lipinski definition) is 13. The van der Waals surface area contributed by atoms with Gasteiger partial charge in [-0.25, -0.2) is 8.78 Å². The van der Waals surface area contributed by atoms with Crippen molar-refractivity contribution < 1.29 is 37.7 Å². The van der Waals surface area contributed by atoms with Crippen molar-refractivity contribution in [1.29, 1.82) is 0 Å². The van der Waals surface area contributed by atoms with Gasteiger partial charge in [0, 0.05) is 86.2 Å². The van der Waals surface area contributed by atoms with Crippen LogP contribution in [0.15, 0.2) is 48.7 Å². The van der Waals surface area contributed by atoms with Gasteiger partial charge in [-0.05, 0) is 167 Å². The van der Waals surface area contributed by atoms with Crippen molar-refractivity contribution in [2.24, 2.45) is 10.8 Å². The molecule has 8 aliphatic rings. The summed E-state index contributed by atoms with van der Waals surface area (Å²) in [5.74, 6) is -1.30. The molecule has 0 radical (unpaired) electrons. The summed E-state index contributed by atoms with van der Waals surface area (Å²) in [5.41, 5.74) is 3.87. The van der Waals surface area contributed by atoms with Gasteiger partial charge in [0.25, 0.3) is 5.91 Å². The molecule has 3 atom stereocenters. The van der Waals surface area contributed by atoms with E-state index in [1.807, 2.05) is 19.1 Å². The topological polar surface area (TPSA) is 166 Å². The van der Waals surface area contributed by atoms with Crippen molar-refractivity contribution in [2.75, 3.05) is 62.2 Å². The quantitative estimate of drug-likeness (QED) is 0.103. The van der Waals surface area contributed by atoms with Crippen LogP contribution in [0.3, 0.4) is 0 Å². The van der Waals surface area contributed by atoms with Crippen LogP contribution in [0.4, 0.5) is 20.3 Å². The third-order valence-corrected chi connectivity index (χ3v) is 18.6. The van der Waals surface area contributed by atoms with Crippen LogP contribution in [0.2, 0.25) is 0 Å². The van der Waals surface area contributed by atoms with Crippen molar-refractivity contribution in [3.05, 3.63) is 77.0 Å². The van der Waals surface area contributed by atoms with Gasteiger partial charge < -0.3 is 39.5 Å². The normalized spacial score (nSPS) is 24.9. The van der Waals surface area contributed by atoms with E-state index in [0.717, 1.165) is 108 Å². The lowest BCUT2D eigenvalue weighted by Crippen LogP contribution is -2.52. The molecule has 5 saturated heterocycles. The number of aromatic hydroxyl groups is 1. The van der Waals surface area contributed by atoms with E-state index in [1.165, 1.54) is 37.8 Å². The Bertz CT molecular complexity index is 3080. The van der Waals surface area contributed by atoms with Crippen LogP contribution in [0, 0.1) is 22.5 Å². The molecule has 6 aliphatic heterocycles. The number of benzene rings is 3. The maximum atomic E-state index is 17.2. The molecule has 13 rings (SSSR count). The Morgan fingerprint density at radius 2 is 1.57 bits per heavy atom. The lowest BCUT2D eigenvalue weighted by molar-refractivity contribution is -0.136. The van der Waals surface area contributed by atoms with E-state index < -0.39 is 11.9 Å². The number of rotatable bonds is 12. The SMILES string of the molecule is CCc1c(F)ccc2cc(O)cc(-c3ncc4c(N5CC6CCC(C5)N6)nc(OCC5(CN6CCC7(CCC(OC8CCN(c9ccc%10c(c9)CN(C9CCC(=O)NC9=O)C%10=O)CC8)CC7)CC6)CC5)nc4c3F)c12. The number of phenolic OH excluding ortho intramolecular Hbond substituents is 1. The lowest BCUT2D eigenvalue weighted by atomic mass is 9.67. The van der Waals surface area contributed by atoms with E-state index in [2.05, 4.69) is 36.4 Å². The van der Waals surface area contributed by atoms with Crippen LogP contribution in [-0.2, 0) is 27.3 Å². The Hall–Kier alpha value is -6.04. The number of carbonyl (C=O) groups excluding carboxylic acids is 3. The number of likely N-dealkylation sites (tertiary alicyclic amines) is 1. The summed E-state index contributed by atoms with van der Waals surface area (Å²) in [6.45, 7) is 9.01. The number of piperidine rings is 3. The second-order valence-electron chi connectivity index (χ2n) is 23.4. The molecule has 17 heteroatoms. The highest BCUT2D eigenvalue weighted by Crippen LogP contribution is 2.50. The van der Waals surface area contributed by atoms with Gasteiger partial charge in [-0.1, -0.05) is 13.0 Å². The largest absolute Gasteiger partial charge is 0.508 e. The average molecular weight is 1020 g/mol. The minimum atomic E-state index is -0.654. The Morgan fingerprint density at radius 3 is 2.31 bits per heavy atom. The van der Waals surface area contributed by atoms with E-state index in [9.17, 15) is 19.5 Å². The number of fused-ring (bicyclic) bond motifs is 5. The molecule has 3 N–H and O–H groups in total. The molecule has 2 saturated carbocycles. The first-order valence-electron chi connectivity index (χ1n) is 27.7. The maximum Gasteiger partial charge on any atom is 0.319 e. The molecule has 75 heavy (non-hydrogen) atoms.